The molecule has 0 saturated heterocycles. The largest absolute Gasteiger partial charge is 0.490 e. The number of hydrogen-bond acceptors (Lipinski definition) is 4. The molecule has 5 nitrogen and oxygen atoms in total. The molecule has 0 atom stereocenters. The lowest BCUT2D eigenvalue weighted by molar-refractivity contribution is 0.0955. The van der Waals surface area contributed by atoms with Crippen LogP contribution in [0.15, 0.2) is 70.2 Å². The molecule has 3 aromatic rings. The summed E-state index contributed by atoms with van der Waals surface area (Å²) in [6, 6.07) is 18.4. The summed E-state index contributed by atoms with van der Waals surface area (Å²) in [7, 11) is 0. The van der Waals surface area contributed by atoms with Crippen LogP contribution in [0.1, 0.15) is 34.0 Å². The van der Waals surface area contributed by atoms with E-state index >= 15 is 0 Å². The lowest BCUT2D eigenvalue weighted by Crippen LogP contribution is -2.17. The third kappa shape index (κ3) is 6.57. The van der Waals surface area contributed by atoms with Gasteiger partial charge in [0.2, 0.25) is 0 Å². The molecule has 7 heteroatoms. The van der Waals surface area contributed by atoms with Gasteiger partial charge in [0.15, 0.2) is 11.5 Å². The molecule has 160 valence electrons. The second kappa shape index (κ2) is 11.0. The third-order valence-electron chi connectivity index (χ3n) is 4.35. The minimum atomic E-state index is -0.327. The Labute approximate surface area is 195 Å². The third-order valence-corrected chi connectivity index (χ3v) is 5.29. The van der Waals surface area contributed by atoms with Gasteiger partial charge in [0.25, 0.3) is 5.91 Å². The van der Waals surface area contributed by atoms with Gasteiger partial charge in [-0.3, -0.25) is 4.79 Å². The number of rotatable bonds is 8. The number of halogens is 2. The Morgan fingerprint density at radius 2 is 1.74 bits per heavy atom. The molecule has 0 aliphatic heterocycles. The first-order valence-electron chi connectivity index (χ1n) is 9.70. The molecule has 0 saturated carbocycles. The van der Waals surface area contributed by atoms with Crippen molar-refractivity contribution in [2.45, 2.75) is 20.5 Å². The van der Waals surface area contributed by atoms with Crippen LogP contribution < -0.4 is 14.9 Å². The van der Waals surface area contributed by atoms with Crippen molar-refractivity contribution < 1.29 is 14.3 Å². The van der Waals surface area contributed by atoms with Gasteiger partial charge in [-0.2, -0.15) is 5.10 Å². The fraction of sp³-hybridized carbons (Fsp3) is 0.167. The predicted molar refractivity (Wildman–Crippen MR) is 127 cm³/mol. The monoisotopic (exact) mass is 500 g/mol. The summed E-state index contributed by atoms with van der Waals surface area (Å²) in [4.78, 5) is 12.2. The number of carbonyl (C=O) groups is 1. The average molecular weight is 502 g/mol. The summed E-state index contributed by atoms with van der Waals surface area (Å²) < 4.78 is 12.5. The van der Waals surface area contributed by atoms with Gasteiger partial charge < -0.3 is 9.47 Å². The van der Waals surface area contributed by atoms with E-state index in [-0.39, 0.29) is 5.91 Å². The van der Waals surface area contributed by atoms with E-state index in [1.54, 1.807) is 30.5 Å². The van der Waals surface area contributed by atoms with Crippen LogP contribution in [-0.4, -0.2) is 18.7 Å². The topological polar surface area (TPSA) is 59.9 Å². The molecule has 3 aromatic carbocycles. The number of hydrazone groups is 1. The number of amides is 1. The number of ether oxygens (including phenoxy) is 2. The molecule has 0 radical (unpaired) electrons. The van der Waals surface area contributed by atoms with Crippen molar-refractivity contribution in [1.82, 2.24) is 5.43 Å². The van der Waals surface area contributed by atoms with E-state index in [9.17, 15) is 4.79 Å². The lowest BCUT2D eigenvalue weighted by Gasteiger charge is -2.14. The molecule has 0 heterocycles. The zero-order valence-corrected chi connectivity index (χ0v) is 19.5. The molecule has 31 heavy (non-hydrogen) atoms. The highest BCUT2D eigenvalue weighted by Gasteiger charge is 2.11. The van der Waals surface area contributed by atoms with Crippen molar-refractivity contribution in [2.75, 3.05) is 6.61 Å². The first-order valence-corrected chi connectivity index (χ1v) is 10.9. The van der Waals surface area contributed by atoms with E-state index in [2.05, 4.69) is 38.6 Å². The van der Waals surface area contributed by atoms with Gasteiger partial charge in [0, 0.05) is 20.6 Å². The zero-order chi connectivity index (χ0) is 22.2. The van der Waals surface area contributed by atoms with Gasteiger partial charge in [-0.05, 0) is 71.7 Å². The Hall–Kier alpha value is -2.83. The molecular weight excluding hydrogens is 480 g/mol. The number of aryl methyl sites for hydroxylation is 1. The second-order valence-corrected chi connectivity index (χ2v) is 8.02. The van der Waals surface area contributed by atoms with Crippen LogP contribution in [0.3, 0.4) is 0 Å². The Morgan fingerprint density at radius 3 is 2.42 bits per heavy atom. The van der Waals surface area contributed by atoms with Crippen LogP contribution in [0.2, 0.25) is 5.02 Å². The first-order chi connectivity index (χ1) is 15.0. The van der Waals surface area contributed by atoms with Crippen LogP contribution in [0.4, 0.5) is 0 Å². The molecule has 1 amide bonds. The van der Waals surface area contributed by atoms with Gasteiger partial charge in [0.1, 0.15) is 6.61 Å². The maximum absolute atomic E-state index is 12.2. The van der Waals surface area contributed by atoms with Crippen molar-refractivity contribution in [1.29, 1.82) is 0 Å². The number of carbonyl (C=O) groups excluding carboxylic acids is 1. The summed E-state index contributed by atoms with van der Waals surface area (Å²) in [5, 5.41) is 4.62. The summed E-state index contributed by atoms with van der Waals surface area (Å²) in [5.41, 5.74) is 5.98. The minimum Gasteiger partial charge on any atom is -0.490 e. The highest BCUT2D eigenvalue weighted by molar-refractivity contribution is 9.10. The molecule has 0 aliphatic rings. The molecule has 3 rings (SSSR count). The molecule has 0 fully saturated rings. The van der Waals surface area contributed by atoms with Crippen LogP contribution in [0.5, 0.6) is 11.5 Å². The standard InChI is InChI=1S/C24H22BrClN2O3/c1-3-30-22-12-19(14-27-28-24(29)18-8-10-20(26)11-9-18)21(25)13-23(22)31-15-17-6-4-16(2)5-7-17/h4-14H,3,15H2,1-2H3,(H,28,29)/b27-14-. The lowest BCUT2D eigenvalue weighted by atomic mass is 10.1. The van der Waals surface area contributed by atoms with Crippen molar-refractivity contribution >= 4 is 39.7 Å². The Morgan fingerprint density at radius 1 is 1.06 bits per heavy atom. The fourth-order valence-electron chi connectivity index (χ4n) is 2.70. The summed E-state index contributed by atoms with van der Waals surface area (Å²) in [5.74, 6) is 0.895. The van der Waals surface area contributed by atoms with Gasteiger partial charge >= 0.3 is 0 Å². The fourth-order valence-corrected chi connectivity index (χ4v) is 3.25. The summed E-state index contributed by atoms with van der Waals surface area (Å²) in [6.07, 6.45) is 1.55. The molecule has 0 aliphatic carbocycles. The number of nitrogens with zero attached hydrogens (tertiary/aromatic N) is 1. The number of benzene rings is 3. The van der Waals surface area contributed by atoms with Crippen LogP contribution >= 0.6 is 27.5 Å². The number of hydrogen-bond donors (Lipinski definition) is 1. The zero-order valence-electron chi connectivity index (χ0n) is 17.2. The van der Waals surface area contributed by atoms with Crippen molar-refractivity contribution in [3.05, 3.63) is 92.4 Å². The Kier molecular flexibility index (Phi) is 8.09. The van der Waals surface area contributed by atoms with Gasteiger partial charge in [0.05, 0.1) is 12.8 Å². The maximum atomic E-state index is 12.2. The van der Waals surface area contributed by atoms with E-state index in [0.717, 1.165) is 15.6 Å². The molecule has 1 N–H and O–H groups in total. The summed E-state index contributed by atoms with van der Waals surface area (Å²) >= 11 is 9.38. The normalized spacial score (nSPS) is 10.8. The van der Waals surface area contributed by atoms with Crippen LogP contribution in [-0.2, 0) is 6.61 Å². The average Bonchev–Trinajstić information content (AvgIpc) is 2.76. The van der Waals surface area contributed by atoms with Gasteiger partial charge in [-0.15, -0.1) is 0 Å². The minimum absolute atomic E-state index is 0.327. The van der Waals surface area contributed by atoms with E-state index in [1.165, 1.54) is 5.56 Å². The molecule has 0 aromatic heterocycles. The van der Waals surface area contributed by atoms with E-state index in [0.29, 0.717) is 35.3 Å². The van der Waals surface area contributed by atoms with Crippen molar-refractivity contribution in [2.24, 2.45) is 5.10 Å². The highest BCUT2D eigenvalue weighted by atomic mass is 79.9. The van der Waals surface area contributed by atoms with E-state index in [1.807, 2.05) is 38.1 Å². The summed E-state index contributed by atoms with van der Waals surface area (Å²) in [6.45, 7) is 4.88. The van der Waals surface area contributed by atoms with E-state index < -0.39 is 0 Å². The van der Waals surface area contributed by atoms with Gasteiger partial charge in [-0.25, -0.2) is 5.43 Å². The smallest absolute Gasteiger partial charge is 0.271 e. The SMILES string of the molecule is CCOc1cc(/C=N\NC(=O)c2ccc(Cl)cc2)c(Br)cc1OCc1ccc(C)cc1. The number of nitrogens with one attached hydrogen (secondary N) is 1. The van der Waals surface area contributed by atoms with Crippen LogP contribution in [0.25, 0.3) is 0 Å². The predicted octanol–water partition coefficient (Wildman–Crippen LogP) is 6.15. The van der Waals surface area contributed by atoms with Crippen LogP contribution in [0, 0.1) is 6.92 Å². The second-order valence-electron chi connectivity index (χ2n) is 6.73. The van der Waals surface area contributed by atoms with Crippen molar-refractivity contribution in [3.8, 4) is 11.5 Å². The highest BCUT2D eigenvalue weighted by Crippen LogP contribution is 2.33. The molecule has 0 spiro atoms. The Balaban J connectivity index is 1.71. The first kappa shape index (κ1) is 22.8. The maximum Gasteiger partial charge on any atom is 0.271 e. The molecule has 0 unspecified atom stereocenters. The quantitative estimate of drug-likeness (QED) is 0.297. The molecular formula is C24H22BrClN2O3. The Bertz CT molecular complexity index is 1070. The van der Waals surface area contributed by atoms with E-state index in [4.69, 9.17) is 21.1 Å². The van der Waals surface area contributed by atoms with Crippen molar-refractivity contribution in [3.63, 3.8) is 0 Å². The molecule has 0 bridgehead atoms. The van der Waals surface area contributed by atoms with Gasteiger partial charge in [-0.1, -0.05) is 41.4 Å².